The molecule has 0 unspecified atom stereocenters. The highest BCUT2D eigenvalue weighted by molar-refractivity contribution is 7.18. The fourth-order valence-electron chi connectivity index (χ4n) is 1.26. The summed E-state index contributed by atoms with van der Waals surface area (Å²) in [6, 6.07) is 4.72. The summed E-state index contributed by atoms with van der Waals surface area (Å²) < 4.78 is 13.9. The standard InChI is InChI=1S/C10H11FN2S/c1-2-12-6-10-13-8-5-7(11)3-4-9(8)14-10/h3-5,12H,2,6H2,1H3. The summed E-state index contributed by atoms with van der Waals surface area (Å²) in [5.41, 5.74) is 0.753. The van der Waals surface area contributed by atoms with Crippen molar-refractivity contribution in [2.45, 2.75) is 13.5 Å². The number of rotatable bonds is 3. The van der Waals surface area contributed by atoms with Gasteiger partial charge in [-0.3, -0.25) is 0 Å². The van der Waals surface area contributed by atoms with Gasteiger partial charge in [0.2, 0.25) is 0 Å². The minimum Gasteiger partial charge on any atom is -0.311 e. The molecule has 14 heavy (non-hydrogen) atoms. The maximum absolute atomic E-state index is 12.8. The summed E-state index contributed by atoms with van der Waals surface area (Å²) in [7, 11) is 0. The molecule has 0 radical (unpaired) electrons. The Labute approximate surface area is 85.8 Å². The van der Waals surface area contributed by atoms with E-state index in [1.165, 1.54) is 12.1 Å². The summed E-state index contributed by atoms with van der Waals surface area (Å²) in [5.74, 6) is -0.224. The van der Waals surface area contributed by atoms with Gasteiger partial charge < -0.3 is 5.32 Å². The van der Waals surface area contributed by atoms with Crippen LogP contribution in [0, 0.1) is 5.82 Å². The van der Waals surface area contributed by atoms with Gasteiger partial charge in [-0.25, -0.2) is 9.37 Å². The van der Waals surface area contributed by atoms with Crippen LogP contribution in [0.3, 0.4) is 0 Å². The largest absolute Gasteiger partial charge is 0.311 e. The first-order valence-electron chi connectivity index (χ1n) is 4.55. The van der Waals surface area contributed by atoms with Gasteiger partial charge in [0, 0.05) is 12.6 Å². The van der Waals surface area contributed by atoms with Crippen molar-refractivity contribution in [1.29, 1.82) is 0 Å². The van der Waals surface area contributed by atoms with Gasteiger partial charge in [0.05, 0.1) is 10.2 Å². The molecule has 1 aromatic heterocycles. The number of benzene rings is 1. The van der Waals surface area contributed by atoms with Crippen LogP contribution in [0.2, 0.25) is 0 Å². The van der Waals surface area contributed by atoms with Gasteiger partial charge in [0.25, 0.3) is 0 Å². The Bertz CT molecular complexity index is 439. The SMILES string of the molecule is CCNCc1nc2cc(F)ccc2s1. The number of aromatic nitrogens is 1. The normalized spacial score (nSPS) is 11.0. The number of thiazole rings is 1. The third kappa shape index (κ3) is 1.91. The van der Waals surface area contributed by atoms with Gasteiger partial charge in [0.15, 0.2) is 0 Å². The second-order valence-electron chi connectivity index (χ2n) is 3.00. The molecule has 0 saturated heterocycles. The zero-order valence-electron chi connectivity index (χ0n) is 7.88. The quantitative estimate of drug-likeness (QED) is 0.842. The summed E-state index contributed by atoms with van der Waals surface area (Å²) in [5, 5.41) is 4.20. The topological polar surface area (TPSA) is 24.9 Å². The van der Waals surface area contributed by atoms with Crippen LogP contribution in [0.25, 0.3) is 10.2 Å². The molecule has 0 amide bonds. The molecule has 0 aliphatic carbocycles. The molecule has 1 aromatic carbocycles. The summed E-state index contributed by atoms with van der Waals surface area (Å²) in [6.07, 6.45) is 0. The van der Waals surface area contributed by atoms with E-state index in [2.05, 4.69) is 10.3 Å². The first-order chi connectivity index (χ1) is 6.79. The van der Waals surface area contributed by atoms with Crippen LogP contribution in [0.5, 0.6) is 0 Å². The van der Waals surface area contributed by atoms with E-state index in [1.54, 1.807) is 17.4 Å². The van der Waals surface area contributed by atoms with E-state index in [4.69, 9.17) is 0 Å². The van der Waals surface area contributed by atoms with Crippen LogP contribution in [-0.4, -0.2) is 11.5 Å². The predicted octanol–water partition coefficient (Wildman–Crippen LogP) is 2.54. The first-order valence-corrected chi connectivity index (χ1v) is 5.37. The molecule has 0 atom stereocenters. The van der Waals surface area contributed by atoms with Gasteiger partial charge in [-0.1, -0.05) is 6.92 Å². The molecule has 0 spiro atoms. The Kier molecular flexibility index (Phi) is 2.74. The number of halogens is 1. The van der Waals surface area contributed by atoms with E-state index >= 15 is 0 Å². The average molecular weight is 210 g/mol. The summed E-state index contributed by atoms with van der Waals surface area (Å²) >= 11 is 1.61. The monoisotopic (exact) mass is 210 g/mol. The van der Waals surface area contributed by atoms with E-state index in [1.807, 2.05) is 6.92 Å². The maximum Gasteiger partial charge on any atom is 0.125 e. The fourth-order valence-corrected chi connectivity index (χ4v) is 2.17. The molecule has 2 aromatic rings. The number of fused-ring (bicyclic) bond motifs is 1. The minimum atomic E-state index is -0.224. The van der Waals surface area contributed by atoms with Crippen molar-refractivity contribution in [2.24, 2.45) is 0 Å². The third-order valence-corrected chi connectivity index (χ3v) is 2.96. The minimum absolute atomic E-state index is 0.224. The van der Waals surface area contributed by atoms with Crippen molar-refractivity contribution < 1.29 is 4.39 Å². The van der Waals surface area contributed by atoms with Crippen LogP contribution < -0.4 is 5.32 Å². The molecule has 0 bridgehead atoms. The number of hydrogen-bond donors (Lipinski definition) is 1. The summed E-state index contributed by atoms with van der Waals surface area (Å²) in [4.78, 5) is 4.33. The van der Waals surface area contributed by atoms with Crippen LogP contribution in [0.1, 0.15) is 11.9 Å². The van der Waals surface area contributed by atoms with Gasteiger partial charge in [-0.15, -0.1) is 11.3 Å². The van der Waals surface area contributed by atoms with Crippen molar-refractivity contribution in [3.63, 3.8) is 0 Å². The first kappa shape index (κ1) is 9.55. The van der Waals surface area contributed by atoms with Gasteiger partial charge in [0.1, 0.15) is 10.8 Å². The molecule has 74 valence electrons. The molecule has 0 aliphatic heterocycles. The number of nitrogens with one attached hydrogen (secondary N) is 1. The highest BCUT2D eigenvalue weighted by Crippen LogP contribution is 2.22. The van der Waals surface area contributed by atoms with E-state index in [9.17, 15) is 4.39 Å². The molecule has 0 saturated carbocycles. The highest BCUT2D eigenvalue weighted by Gasteiger charge is 2.03. The summed E-state index contributed by atoms with van der Waals surface area (Å²) in [6.45, 7) is 3.73. The molecule has 2 rings (SSSR count). The maximum atomic E-state index is 12.8. The van der Waals surface area contributed by atoms with Gasteiger partial charge in [-0.2, -0.15) is 0 Å². The van der Waals surface area contributed by atoms with Gasteiger partial charge >= 0.3 is 0 Å². The lowest BCUT2D eigenvalue weighted by Crippen LogP contribution is -2.11. The average Bonchev–Trinajstić information content (AvgIpc) is 2.56. The van der Waals surface area contributed by atoms with Crippen LogP contribution in [0.15, 0.2) is 18.2 Å². The Morgan fingerprint density at radius 1 is 1.50 bits per heavy atom. The molecule has 2 nitrogen and oxygen atoms in total. The van der Waals surface area contributed by atoms with E-state index < -0.39 is 0 Å². The van der Waals surface area contributed by atoms with E-state index in [-0.39, 0.29) is 5.82 Å². The Balaban J connectivity index is 2.32. The van der Waals surface area contributed by atoms with E-state index in [0.717, 1.165) is 28.3 Å². The molecule has 1 N–H and O–H groups in total. The predicted molar refractivity (Wildman–Crippen MR) is 57.0 cm³/mol. The molecule has 0 aliphatic rings. The molecule has 1 heterocycles. The van der Waals surface area contributed by atoms with Crippen molar-refractivity contribution in [2.75, 3.05) is 6.54 Å². The second kappa shape index (κ2) is 4.02. The van der Waals surface area contributed by atoms with Crippen LogP contribution in [-0.2, 0) is 6.54 Å². The van der Waals surface area contributed by atoms with Gasteiger partial charge in [-0.05, 0) is 18.7 Å². The Hall–Kier alpha value is -1.00. The number of nitrogens with zero attached hydrogens (tertiary/aromatic N) is 1. The van der Waals surface area contributed by atoms with Crippen molar-refractivity contribution in [3.05, 3.63) is 29.0 Å². The Morgan fingerprint density at radius 2 is 2.36 bits per heavy atom. The van der Waals surface area contributed by atoms with Crippen LogP contribution >= 0.6 is 11.3 Å². The second-order valence-corrected chi connectivity index (χ2v) is 4.12. The smallest absolute Gasteiger partial charge is 0.125 e. The van der Waals surface area contributed by atoms with Crippen molar-refractivity contribution >= 4 is 21.6 Å². The zero-order chi connectivity index (χ0) is 9.97. The Morgan fingerprint density at radius 3 is 3.14 bits per heavy atom. The van der Waals surface area contributed by atoms with E-state index in [0.29, 0.717) is 0 Å². The lowest BCUT2D eigenvalue weighted by Gasteiger charge is -1.93. The number of hydrogen-bond acceptors (Lipinski definition) is 3. The van der Waals surface area contributed by atoms with Crippen molar-refractivity contribution in [1.82, 2.24) is 10.3 Å². The van der Waals surface area contributed by atoms with Crippen molar-refractivity contribution in [3.8, 4) is 0 Å². The van der Waals surface area contributed by atoms with Crippen LogP contribution in [0.4, 0.5) is 4.39 Å². The molecule has 4 heteroatoms. The third-order valence-electron chi connectivity index (χ3n) is 1.92. The highest BCUT2D eigenvalue weighted by atomic mass is 32.1. The fraction of sp³-hybridized carbons (Fsp3) is 0.300. The molecule has 0 fully saturated rings. The molecular formula is C10H11FN2S. The lowest BCUT2D eigenvalue weighted by atomic mass is 10.3. The lowest BCUT2D eigenvalue weighted by molar-refractivity contribution is 0.629. The zero-order valence-corrected chi connectivity index (χ0v) is 8.70. The molecular weight excluding hydrogens is 199 g/mol.